The van der Waals surface area contributed by atoms with Crippen LogP contribution in [0.1, 0.15) is 44.2 Å². The SMILES string of the molecule is C=C(C)C1CC=C(C)/C(=N/NC(=O)C2CC2(c2ccccc2)c2ccccc2)C1. The second-order valence-corrected chi connectivity index (χ2v) is 8.36. The Bertz CT molecular complexity index is 933. The average Bonchev–Trinajstić information content (AvgIpc) is 3.51. The number of amides is 1. The minimum absolute atomic E-state index is 0.00421. The van der Waals surface area contributed by atoms with E-state index in [1.54, 1.807) is 0 Å². The second-order valence-electron chi connectivity index (χ2n) is 8.36. The molecule has 1 fully saturated rings. The summed E-state index contributed by atoms with van der Waals surface area (Å²) in [5.74, 6) is 0.292. The van der Waals surface area contributed by atoms with Crippen LogP contribution in [0.4, 0.5) is 0 Å². The molecule has 0 saturated heterocycles. The summed E-state index contributed by atoms with van der Waals surface area (Å²) < 4.78 is 0. The average molecular weight is 385 g/mol. The fourth-order valence-electron chi connectivity index (χ4n) is 4.48. The summed E-state index contributed by atoms with van der Waals surface area (Å²) in [7, 11) is 0. The lowest BCUT2D eigenvalue weighted by atomic mass is 9.85. The lowest BCUT2D eigenvalue weighted by molar-refractivity contribution is -0.122. The molecule has 0 heterocycles. The van der Waals surface area contributed by atoms with Gasteiger partial charge in [0.1, 0.15) is 0 Å². The zero-order valence-corrected chi connectivity index (χ0v) is 17.2. The maximum Gasteiger partial charge on any atom is 0.244 e. The Labute approximate surface area is 173 Å². The number of rotatable bonds is 5. The standard InChI is InChI=1S/C26H28N2O/c1-18(2)20-15-14-19(3)24(16-20)27-28-25(29)23-17-26(23,21-10-6-4-7-11-21)22-12-8-5-9-13-22/h4-14,20,23H,1,15-17H2,2-3H3,(H,28,29)/b27-24+. The fourth-order valence-corrected chi connectivity index (χ4v) is 4.48. The van der Waals surface area contributed by atoms with E-state index in [0.29, 0.717) is 5.92 Å². The van der Waals surface area contributed by atoms with E-state index in [9.17, 15) is 4.79 Å². The molecule has 3 heteroatoms. The van der Waals surface area contributed by atoms with Gasteiger partial charge in [0.25, 0.3) is 0 Å². The maximum atomic E-state index is 13.1. The molecule has 2 atom stereocenters. The number of carbonyl (C=O) groups excluding carboxylic acids is 1. The first kappa shape index (κ1) is 19.4. The lowest BCUT2D eigenvalue weighted by Gasteiger charge is -2.22. The van der Waals surface area contributed by atoms with Crippen LogP contribution < -0.4 is 5.43 Å². The molecule has 0 aliphatic heterocycles. The number of nitrogens with one attached hydrogen (secondary N) is 1. The van der Waals surface area contributed by atoms with Crippen LogP contribution in [0.2, 0.25) is 0 Å². The maximum absolute atomic E-state index is 13.1. The Morgan fingerprint density at radius 2 is 1.66 bits per heavy atom. The molecule has 29 heavy (non-hydrogen) atoms. The summed E-state index contributed by atoms with van der Waals surface area (Å²) >= 11 is 0. The molecule has 3 nitrogen and oxygen atoms in total. The molecule has 0 aromatic heterocycles. The van der Waals surface area contributed by atoms with E-state index in [4.69, 9.17) is 0 Å². The highest BCUT2D eigenvalue weighted by molar-refractivity contribution is 6.01. The minimum Gasteiger partial charge on any atom is -0.273 e. The third kappa shape index (κ3) is 3.69. The summed E-state index contributed by atoms with van der Waals surface area (Å²) in [5.41, 5.74) is 8.28. The van der Waals surface area contributed by atoms with Gasteiger partial charge in [-0.15, -0.1) is 0 Å². The largest absolute Gasteiger partial charge is 0.273 e. The quantitative estimate of drug-likeness (QED) is 0.544. The molecular formula is C26H28N2O. The van der Waals surface area contributed by atoms with Crippen LogP contribution >= 0.6 is 0 Å². The molecule has 0 bridgehead atoms. The first-order valence-corrected chi connectivity index (χ1v) is 10.3. The van der Waals surface area contributed by atoms with E-state index >= 15 is 0 Å². The zero-order chi connectivity index (χ0) is 20.4. The molecule has 148 valence electrons. The van der Waals surface area contributed by atoms with Gasteiger partial charge in [0, 0.05) is 5.41 Å². The van der Waals surface area contributed by atoms with Gasteiger partial charge in [-0.1, -0.05) is 78.9 Å². The van der Waals surface area contributed by atoms with Crippen molar-refractivity contribution in [1.29, 1.82) is 0 Å². The molecule has 2 aromatic rings. The van der Waals surface area contributed by atoms with Crippen molar-refractivity contribution in [3.05, 3.63) is 95.6 Å². The summed E-state index contributed by atoms with van der Waals surface area (Å²) in [6.45, 7) is 8.21. The van der Waals surface area contributed by atoms with Crippen molar-refractivity contribution in [1.82, 2.24) is 5.43 Å². The number of benzene rings is 2. The van der Waals surface area contributed by atoms with Crippen molar-refractivity contribution in [3.8, 4) is 0 Å². The molecule has 1 saturated carbocycles. The van der Waals surface area contributed by atoms with Gasteiger partial charge in [-0.2, -0.15) is 5.10 Å². The van der Waals surface area contributed by atoms with Crippen molar-refractivity contribution in [2.75, 3.05) is 0 Å². The Kier molecular flexibility index (Phi) is 5.23. The van der Waals surface area contributed by atoms with Crippen molar-refractivity contribution in [2.24, 2.45) is 16.9 Å². The molecular weight excluding hydrogens is 356 g/mol. The number of allylic oxidation sites excluding steroid dienone is 3. The van der Waals surface area contributed by atoms with Gasteiger partial charge in [0.2, 0.25) is 5.91 Å². The smallest absolute Gasteiger partial charge is 0.244 e. The second kappa shape index (κ2) is 7.82. The number of hydrogen-bond acceptors (Lipinski definition) is 2. The highest BCUT2D eigenvalue weighted by Gasteiger charge is 2.60. The van der Waals surface area contributed by atoms with E-state index in [1.807, 2.05) is 36.4 Å². The Morgan fingerprint density at radius 1 is 1.07 bits per heavy atom. The van der Waals surface area contributed by atoms with Gasteiger partial charge >= 0.3 is 0 Å². The van der Waals surface area contributed by atoms with Crippen molar-refractivity contribution in [2.45, 2.75) is 38.5 Å². The molecule has 2 aliphatic carbocycles. The topological polar surface area (TPSA) is 41.5 Å². The van der Waals surface area contributed by atoms with E-state index in [-0.39, 0.29) is 17.2 Å². The van der Waals surface area contributed by atoms with Gasteiger partial charge in [0.15, 0.2) is 0 Å². The van der Waals surface area contributed by atoms with Crippen molar-refractivity contribution >= 4 is 11.6 Å². The van der Waals surface area contributed by atoms with Gasteiger partial charge in [-0.3, -0.25) is 4.79 Å². The monoisotopic (exact) mass is 384 g/mol. The van der Waals surface area contributed by atoms with E-state index in [2.05, 4.69) is 61.3 Å². The van der Waals surface area contributed by atoms with Crippen LogP contribution in [0.5, 0.6) is 0 Å². The molecule has 2 aromatic carbocycles. The van der Waals surface area contributed by atoms with Crippen LogP contribution in [0.3, 0.4) is 0 Å². The van der Waals surface area contributed by atoms with Crippen LogP contribution in [0.25, 0.3) is 0 Å². The van der Waals surface area contributed by atoms with E-state index < -0.39 is 0 Å². The summed E-state index contributed by atoms with van der Waals surface area (Å²) in [6.07, 6.45) is 4.84. The molecule has 2 aliphatic rings. The summed E-state index contributed by atoms with van der Waals surface area (Å²) in [4.78, 5) is 13.1. The zero-order valence-electron chi connectivity index (χ0n) is 17.2. The van der Waals surface area contributed by atoms with Crippen LogP contribution in [-0.2, 0) is 10.2 Å². The van der Waals surface area contributed by atoms with Gasteiger partial charge in [-0.25, -0.2) is 5.43 Å². The van der Waals surface area contributed by atoms with Crippen LogP contribution in [0.15, 0.2) is 89.6 Å². The highest BCUT2D eigenvalue weighted by Crippen LogP contribution is 2.58. The molecule has 2 unspecified atom stereocenters. The van der Waals surface area contributed by atoms with Gasteiger partial charge < -0.3 is 0 Å². The Morgan fingerprint density at radius 3 is 2.21 bits per heavy atom. The number of hydrazone groups is 1. The van der Waals surface area contributed by atoms with E-state index in [0.717, 1.165) is 30.5 Å². The molecule has 0 spiro atoms. The van der Waals surface area contributed by atoms with Crippen molar-refractivity contribution in [3.63, 3.8) is 0 Å². The number of hydrogen-bond donors (Lipinski definition) is 1. The fraction of sp³-hybridized carbons (Fsp3) is 0.308. The predicted molar refractivity (Wildman–Crippen MR) is 119 cm³/mol. The van der Waals surface area contributed by atoms with Crippen molar-refractivity contribution < 1.29 is 4.79 Å². The highest BCUT2D eigenvalue weighted by atomic mass is 16.2. The third-order valence-corrected chi connectivity index (χ3v) is 6.46. The predicted octanol–water partition coefficient (Wildman–Crippen LogP) is 5.40. The molecule has 1 N–H and O–H groups in total. The number of carbonyl (C=O) groups is 1. The number of nitrogens with zero attached hydrogens (tertiary/aromatic N) is 1. The lowest BCUT2D eigenvalue weighted by Crippen LogP contribution is -2.27. The summed E-state index contributed by atoms with van der Waals surface area (Å²) in [5, 5.41) is 4.52. The first-order valence-electron chi connectivity index (χ1n) is 10.3. The first-order chi connectivity index (χ1) is 14.0. The molecule has 4 rings (SSSR count). The van der Waals surface area contributed by atoms with Crippen LogP contribution in [0, 0.1) is 11.8 Å². The van der Waals surface area contributed by atoms with Gasteiger partial charge in [0.05, 0.1) is 11.6 Å². The Balaban J connectivity index is 1.56. The minimum atomic E-state index is -0.259. The van der Waals surface area contributed by atoms with Crippen LogP contribution in [-0.4, -0.2) is 11.6 Å². The Hall–Kier alpha value is -2.94. The molecule has 0 radical (unpaired) electrons. The summed E-state index contributed by atoms with van der Waals surface area (Å²) in [6, 6.07) is 20.7. The normalized spacial score (nSPS) is 23.9. The van der Waals surface area contributed by atoms with Gasteiger partial charge in [-0.05, 0) is 55.7 Å². The third-order valence-electron chi connectivity index (χ3n) is 6.46. The van der Waals surface area contributed by atoms with E-state index in [1.165, 1.54) is 16.7 Å². The molecule has 1 amide bonds.